The minimum absolute atomic E-state index is 0.112. The Labute approximate surface area is 103 Å². The molecule has 5 heteroatoms. The predicted octanol–water partition coefficient (Wildman–Crippen LogP) is 0.326. The zero-order chi connectivity index (χ0) is 14.1. The van der Waals surface area contributed by atoms with E-state index in [1.54, 1.807) is 0 Å². The van der Waals surface area contributed by atoms with Gasteiger partial charge in [0.25, 0.3) is 0 Å². The maximum atomic E-state index is 11.2. The third-order valence-electron chi connectivity index (χ3n) is 1.95. The van der Waals surface area contributed by atoms with Crippen LogP contribution in [0.25, 0.3) is 0 Å². The van der Waals surface area contributed by atoms with Gasteiger partial charge in [0.05, 0.1) is 13.1 Å². The quantitative estimate of drug-likeness (QED) is 0.682. The minimum atomic E-state index is -1.40. The molecule has 0 heterocycles. The molecule has 0 saturated heterocycles. The summed E-state index contributed by atoms with van der Waals surface area (Å²) in [4.78, 5) is 23.3. The van der Waals surface area contributed by atoms with E-state index in [1.807, 2.05) is 6.08 Å². The van der Waals surface area contributed by atoms with Crippen molar-refractivity contribution in [1.82, 2.24) is 4.90 Å². The van der Waals surface area contributed by atoms with Crippen molar-refractivity contribution in [3.05, 3.63) is 12.7 Å². The lowest BCUT2D eigenvalue weighted by molar-refractivity contribution is -0.140. The molecule has 0 spiro atoms. The largest absolute Gasteiger partial charge is 0.383 e. The van der Waals surface area contributed by atoms with E-state index in [1.165, 1.54) is 25.8 Å². The van der Waals surface area contributed by atoms with Crippen LogP contribution in [0.15, 0.2) is 12.7 Å². The highest BCUT2D eigenvalue weighted by molar-refractivity contribution is 5.91. The van der Waals surface area contributed by atoms with Gasteiger partial charge in [-0.1, -0.05) is 13.0 Å². The highest BCUT2D eigenvalue weighted by atomic mass is 16.3. The topological polar surface area (TPSA) is 83.6 Å². The standard InChI is InChI=1S/C8H16N2O3.C4H8/c1-8(2,13)6(11)5-10(3)7(12)4-9;1-3-4-2/h13H,4-5,9H2,1-3H3;3H,1,4H2,2H3. The summed E-state index contributed by atoms with van der Waals surface area (Å²) < 4.78 is 0. The van der Waals surface area contributed by atoms with Gasteiger partial charge in [-0.25, -0.2) is 0 Å². The Kier molecular flexibility index (Phi) is 9.51. The highest BCUT2D eigenvalue weighted by Gasteiger charge is 2.25. The fraction of sp³-hybridized carbons (Fsp3) is 0.667. The fourth-order valence-electron chi connectivity index (χ4n) is 0.653. The molecule has 0 atom stereocenters. The van der Waals surface area contributed by atoms with Crippen molar-refractivity contribution in [2.45, 2.75) is 32.8 Å². The van der Waals surface area contributed by atoms with Crippen LogP contribution >= 0.6 is 0 Å². The van der Waals surface area contributed by atoms with Gasteiger partial charge < -0.3 is 15.7 Å². The number of likely N-dealkylation sites (N-methyl/N-ethyl adjacent to an activating group) is 1. The Morgan fingerprint density at radius 3 is 2.12 bits per heavy atom. The van der Waals surface area contributed by atoms with Crippen molar-refractivity contribution in [3.63, 3.8) is 0 Å². The smallest absolute Gasteiger partial charge is 0.236 e. The average Bonchev–Trinajstić information content (AvgIpc) is 2.26. The van der Waals surface area contributed by atoms with Crippen LogP contribution in [0.3, 0.4) is 0 Å². The highest BCUT2D eigenvalue weighted by Crippen LogP contribution is 2.03. The molecule has 0 aliphatic rings. The van der Waals surface area contributed by atoms with Gasteiger partial charge in [0.15, 0.2) is 5.78 Å². The lowest BCUT2D eigenvalue weighted by atomic mass is 10.0. The molecular formula is C12H24N2O3. The van der Waals surface area contributed by atoms with Crippen molar-refractivity contribution in [2.75, 3.05) is 20.1 Å². The average molecular weight is 244 g/mol. The molecule has 17 heavy (non-hydrogen) atoms. The van der Waals surface area contributed by atoms with Crippen molar-refractivity contribution in [2.24, 2.45) is 5.73 Å². The van der Waals surface area contributed by atoms with Gasteiger partial charge in [0.2, 0.25) is 5.91 Å². The SMILES string of the molecule is C=CCC.CN(CC(=O)C(C)(C)O)C(=O)CN. The van der Waals surface area contributed by atoms with E-state index < -0.39 is 11.4 Å². The van der Waals surface area contributed by atoms with E-state index in [9.17, 15) is 14.7 Å². The molecular weight excluding hydrogens is 220 g/mol. The number of allylic oxidation sites excluding steroid dienone is 1. The molecule has 0 radical (unpaired) electrons. The molecule has 5 nitrogen and oxygen atoms in total. The number of carbonyl (C=O) groups is 2. The third kappa shape index (κ3) is 9.71. The summed E-state index contributed by atoms with van der Waals surface area (Å²) >= 11 is 0. The second-order valence-corrected chi connectivity index (χ2v) is 4.13. The molecule has 0 aliphatic heterocycles. The van der Waals surface area contributed by atoms with Crippen molar-refractivity contribution in [3.8, 4) is 0 Å². The molecule has 0 fully saturated rings. The number of ketones is 1. The Bertz CT molecular complexity index is 257. The maximum absolute atomic E-state index is 11.2. The van der Waals surface area contributed by atoms with E-state index in [0.29, 0.717) is 0 Å². The first kappa shape index (κ1) is 18.2. The maximum Gasteiger partial charge on any atom is 0.236 e. The zero-order valence-electron chi connectivity index (χ0n) is 11.2. The van der Waals surface area contributed by atoms with E-state index in [2.05, 4.69) is 13.5 Å². The van der Waals surface area contributed by atoms with Gasteiger partial charge in [-0.05, 0) is 20.3 Å². The molecule has 1 amide bonds. The lowest BCUT2D eigenvalue weighted by Gasteiger charge is -2.21. The molecule has 0 aliphatic carbocycles. The first-order valence-electron chi connectivity index (χ1n) is 5.51. The number of nitrogens with two attached hydrogens (primary N) is 1. The first-order chi connectivity index (χ1) is 7.70. The Morgan fingerprint density at radius 2 is 1.88 bits per heavy atom. The summed E-state index contributed by atoms with van der Waals surface area (Å²) in [5, 5.41) is 9.27. The molecule has 0 bridgehead atoms. The van der Waals surface area contributed by atoms with Gasteiger partial charge in [0, 0.05) is 7.05 Å². The number of Topliss-reactive ketones (excluding diaryl/α,β-unsaturated/α-hetero) is 1. The van der Waals surface area contributed by atoms with E-state index in [4.69, 9.17) is 5.73 Å². The molecule has 100 valence electrons. The monoisotopic (exact) mass is 244 g/mol. The summed E-state index contributed by atoms with van der Waals surface area (Å²) in [7, 11) is 1.47. The number of nitrogens with zero attached hydrogens (tertiary/aromatic N) is 1. The van der Waals surface area contributed by atoms with Crippen molar-refractivity contribution >= 4 is 11.7 Å². The van der Waals surface area contributed by atoms with Gasteiger partial charge in [-0.15, -0.1) is 6.58 Å². The zero-order valence-corrected chi connectivity index (χ0v) is 11.2. The molecule has 0 aromatic carbocycles. The van der Waals surface area contributed by atoms with Crippen LogP contribution in [-0.4, -0.2) is 47.4 Å². The molecule has 0 unspecified atom stereocenters. The van der Waals surface area contributed by atoms with Crippen LogP contribution in [0, 0.1) is 0 Å². The summed E-state index contributed by atoms with van der Waals surface area (Å²) in [6.07, 6.45) is 2.96. The number of hydrogen-bond donors (Lipinski definition) is 2. The van der Waals surface area contributed by atoms with Gasteiger partial charge >= 0.3 is 0 Å². The lowest BCUT2D eigenvalue weighted by Crippen LogP contribution is -2.43. The first-order valence-corrected chi connectivity index (χ1v) is 5.51. The summed E-state index contributed by atoms with van der Waals surface area (Å²) in [6, 6.07) is 0. The van der Waals surface area contributed by atoms with Crippen LogP contribution in [-0.2, 0) is 9.59 Å². The van der Waals surface area contributed by atoms with Crippen LogP contribution in [0.4, 0.5) is 0 Å². The van der Waals surface area contributed by atoms with Crippen LogP contribution in [0.1, 0.15) is 27.2 Å². The fourth-order valence-corrected chi connectivity index (χ4v) is 0.653. The molecule has 0 saturated carbocycles. The summed E-state index contributed by atoms with van der Waals surface area (Å²) in [5.41, 5.74) is 3.69. The normalized spacial score (nSPS) is 10.0. The summed E-state index contributed by atoms with van der Waals surface area (Å²) in [6.45, 7) is 8.07. The minimum Gasteiger partial charge on any atom is -0.383 e. The number of hydrogen-bond acceptors (Lipinski definition) is 4. The van der Waals surface area contributed by atoms with Crippen molar-refractivity contribution in [1.29, 1.82) is 0 Å². The van der Waals surface area contributed by atoms with Gasteiger partial charge in [-0.2, -0.15) is 0 Å². The van der Waals surface area contributed by atoms with Crippen LogP contribution < -0.4 is 5.73 Å². The van der Waals surface area contributed by atoms with E-state index in [0.717, 1.165) is 6.42 Å². The van der Waals surface area contributed by atoms with Crippen LogP contribution in [0.5, 0.6) is 0 Å². The van der Waals surface area contributed by atoms with Gasteiger partial charge in [-0.3, -0.25) is 9.59 Å². The Balaban J connectivity index is 0. The number of aliphatic hydroxyl groups is 1. The summed E-state index contributed by atoms with van der Waals surface area (Å²) in [5.74, 6) is -0.727. The molecule has 3 N–H and O–H groups in total. The predicted molar refractivity (Wildman–Crippen MR) is 68.5 cm³/mol. The number of amides is 1. The Morgan fingerprint density at radius 1 is 1.47 bits per heavy atom. The number of carbonyl (C=O) groups excluding carboxylic acids is 2. The van der Waals surface area contributed by atoms with Gasteiger partial charge in [0.1, 0.15) is 5.60 Å². The molecule has 0 aromatic rings. The van der Waals surface area contributed by atoms with Crippen molar-refractivity contribution < 1.29 is 14.7 Å². The van der Waals surface area contributed by atoms with E-state index in [-0.39, 0.29) is 19.0 Å². The second kappa shape index (κ2) is 8.90. The third-order valence-corrected chi connectivity index (χ3v) is 1.95. The number of rotatable bonds is 5. The van der Waals surface area contributed by atoms with Crippen LogP contribution in [0.2, 0.25) is 0 Å². The second-order valence-electron chi connectivity index (χ2n) is 4.13. The molecule has 0 rings (SSSR count). The Hall–Kier alpha value is -1.20. The van der Waals surface area contributed by atoms with E-state index >= 15 is 0 Å². The molecule has 0 aromatic heterocycles.